The van der Waals surface area contributed by atoms with Crippen molar-refractivity contribution in [3.63, 3.8) is 0 Å². The summed E-state index contributed by atoms with van der Waals surface area (Å²) in [6, 6.07) is 12.0. The number of para-hydroxylation sites is 1. The van der Waals surface area contributed by atoms with Gasteiger partial charge in [-0.05, 0) is 42.0 Å². The largest absolute Gasteiger partial charge is 0.469 e. The summed E-state index contributed by atoms with van der Waals surface area (Å²) < 4.78 is 18.9. The second kappa shape index (κ2) is 10.2. The van der Waals surface area contributed by atoms with Crippen LogP contribution in [0.25, 0.3) is 11.6 Å². The molecule has 2 amide bonds. The fraction of sp³-hybridized carbons (Fsp3) is 0.406. The van der Waals surface area contributed by atoms with E-state index in [0.29, 0.717) is 23.0 Å². The monoisotopic (exact) mass is 598 g/mol. The topological polar surface area (TPSA) is 165 Å². The predicted molar refractivity (Wildman–Crippen MR) is 158 cm³/mol. The maximum atomic E-state index is 13.9. The molecule has 0 aliphatic carbocycles. The first kappa shape index (κ1) is 28.1. The smallest absolute Gasteiger partial charge is 0.280 e. The van der Waals surface area contributed by atoms with E-state index in [0.717, 1.165) is 22.4 Å². The summed E-state index contributed by atoms with van der Waals surface area (Å²) in [5.41, 5.74) is 2.76. The number of nitrogens with one attached hydrogen (secondary N) is 3. The number of amides is 2. The Kier molecular flexibility index (Phi) is 6.50. The van der Waals surface area contributed by atoms with Crippen molar-refractivity contribution in [2.75, 3.05) is 5.32 Å². The number of benzene rings is 2. The summed E-state index contributed by atoms with van der Waals surface area (Å²) in [5.74, 6) is 0.456. The summed E-state index contributed by atoms with van der Waals surface area (Å²) in [6.45, 7) is 9.10. The van der Waals surface area contributed by atoms with Crippen molar-refractivity contribution in [3.05, 3.63) is 76.6 Å². The number of ether oxygens (including phenoxy) is 1. The third-order valence-electron chi connectivity index (χ3n) is 8.68. The molecule has 1 spiro atoms. The Morgan fingerprint density at radius 1 is 1.09 bits per heavy atom. The Morgan fingerprint density at radius 2 is 1.89 bits per heavy atom. The van der Waals surface area contributed by atoms with E-state index in [1.165, 1.54) is 0 Å². The number of aliphatic hydroxyl groups is 1. The second-order valence-electron chi connectivity index (χ2n) is 12.4. The molecule has 0 radical (unpaired) electrons. The lowest BCUT2D eigenvalue weighted by Crippen LogP contribution is -2.52. The number of oxazole rings is 1. The van der Waals surface area contributed by atoms with Gasteiger partial charge in [-0.1, -0.05) is 63.2 Å². The molecular weight excluding hydrogens is 564 g/mol. The van der Waals surface area contributed by atoms with Gasteiger partial charge in [-0.2, -0.15) is 4.98 Å². The van der Waals surface area contributed by atoms with Gasteiger partial charge < -0.3 is 34.7 Å². The van der Waals surface area contributed by atoms with Gasteiger partial charge in [-0.3, -0.25) is 9.59 Å². The molecule has 4 aromatic rings. The van der Waals surface area contributed by atoms with Crippen LogP contribution in [-0.4, -0.2) is 50.4 Å². The van der Waals surface area contributed by atoms with E-state index in [1.807, 2.05) is 56.3 Å². The second-order valence-corrected chi connectivity index (χ2v) is 12.4. The summed E-state index contributed by atoms with van der Waals surface area (Å²) in [6.07, 6.45) is -1.67. The van der Waals surface area contributed by atoms with Crippen LogP contribution in [0.4, 0.5) is 5.69 Å². The maximum Gasteiger partial charge on any atom is 0.280 e. The summed E-state index contributed by atoms with van der Waals surface area (Å²) >= 11 is 0. The number of fused-ring (bicyclic) bond motifs is 4. The first-order valence-electron chi connectivity index (χ1n) is 14.8. The Hall–Kier alpha value is -4.71. The SMILES string of the molecule is Cc1noc(-c2nc3oc2C24c5ccccc5NC2Oc2ccc(cc24)C[C@H](NC(=O)[C@@H](O)C(C)C)C(=O)N[C@H]3C(C)C)n1. The van der Waals surface area contributed by atoms with Crippen LogP contribution in [0.1, 0.15) is 67.9 Å². The number of aromatic nitrogens is 3. The number of carbonyl (C=O) groups excluding carboxylic acids is 2. The molecule has 0 saturated heterocycles. The minimum Gasteiger partial charge on any atom is -0.469 e. The number of carbonyl (C=O) groups is 2. The first-order chi connectivity index (χ1) is 21.1. The molecule has 7 rings (SSSR count). The maximum absolute atomic E-state index is 13.9. The lowest BCUT2D eigenvalue weighted by molar-refractivity contribution is -0.135. The van der Waals surface area contributed by atoms with Gasteiger partial charge >= 0.3 is 0 Å². The minimum absolute atomic E-state index is 0.154. The van der Waals surface area contributed by atoms with Crippen molar-refractivity contribution in [3.8, 4) is 17.3 Å². The number of rotatable bonds is 5. The van der Waals surface area contributed by atoms with Gasteiger partial charge in [0.05, 0.1) is 0 Å². The van der Waals surface area contributed by atoms with Crippen LogP contribution in [0.2, 0.25) is 0 Å². The number of anilines is 1. The Balaban J connectivity index is 1.48. The summed E-state index contributed by atoms with van der Waals surface area (Å²) in [7, 11) is 0. The molecule has 2 aromatic carbocycles. The zero-order valence-corrected chi connectivity index (χ0v) is 25.0. The number of aryl methyl sites for hydroxylation is 1. The number of hydrogen-bond acceptors (Lipinski definition) is 10. The van der Waals surface area contributed by atoms with Gasteiger partial charge in [-0.25, -0.2) is 4.98 Å². The van der Waals surface area contributed by atoms with Crippen molar-refractivity contribution in [1.29, 1.82) is 0 Å². The van der Waals surface area contributed by atoms with E-state index in [9.17, 15) is 14.7 Å². The third kappa shape index (κ3) is 4.19. The zero-order chi connectivity index (χ0) is 30.9. The van der Waals surface area contributed by atoms with Gasteiger partial charge in [0.25, 0.3) is 5.89 Å². The van der Waals surface area contributed by atoms with E-state index in [-0.39, 0.29) is 30.0 Å². The third-order valence-corrected chi connectivity index (χ3v) is 8.68. The molecule has 3 aliphatic heterocycles. The van der Waals surface area contributed by atoms with Crippen LogP contribution >= 0.6 is 0 Å². The Labute approximate surface area is 253 Å². The summed E-state index contributed by atoms with van der Waals surface area (Å²) in [5, 5.41) is 23.9. The van der Waals surface area contributed by atoms with Gasteiger partial charge in [0.2, 0.25) is 17.7 Å². The molecule has 4 N–H and O–H groups in total. The summed E-state index contributed by atoms with van der Waals surface area (Å²) in [4.78, 5) is 36.3. The molecule has 2 unspecified atom stereocenters. The van der Waals surface area contributed by atoms with Crippen molar-refractivity contribution in [2.45, 2.75) is 70.9 Å². The van der Waals surface area contributed by atoms with Gasteiger partial charge in [0.1, 0.15) is 29.4 Å². The Bertz CT molecular complexity index is 1780. The van der Waals surface area contributed by atoms with Crippen molar-refractivity contribution in [2.24, 2.45) is 11.8 Å². The number of aliphatic hydroxyl groups excluding tert-OH is 1. The normalized spacial score (nSPS) is 24.0. The molecule has 0 saturated carbocycles. The highest BCUT2D eigenvalue weighted by atomic mass is 16.5. The van der Waals surface area contributed by atoms with Gasteiger partial charge in [0, 0.05) is 17.7 Å². The average Bonchev–Trinajstić information content (AvgIpc) is 3.75. The molecule has 5 atom stereocenters. The van der Waals surface area contributed by atoms with E-state index >= 15 is 0 Å². The molecule has 2 aromatic heterocycles. The zero-order valence-electron chi connectivity index (χ0n) is 25.0. The number of hydrogen-bond donors (Lipinski definition) is 4. The highest BCUT2D eigenvalue weighted by Gasteiger charge is 2.61. The van der Waals surface area contributed by atoms with E-state index in [4.69, 9.17) is 18.7 Å². The van der Waals surface area contributed by atoms with Gasteiger partial charge in [-0.15, -0.1) is 0 Å². The van der Waals surface area contributed by atoms with Crippen LogP contribution in [0.5, 0.6) is 5.75 Å². The minimum atomic E-state index is -1.27. The highest BCUT2D eigenvalue weighted by molar-refractivity contribution is 5.90. The van der Waals surface area contributed by atoms with Crippen LogP contribution in [-0.2, 0) is 21.4 Å². The van der Waals surface area contributed by atoms with Crippen LogP contribution in [0.15, 0.2) is 51.4 Å². The molecule has 5 heterocycles. The molecule has 3 aliphatic rings. The molecule has 4 bridgehead atoms. The van der Waals surface area contributed by atoms with Crippen molar-refractivity contribution < 1.29 is 28.4 Å². The van der Waals surface area contributed by atoms with Crippen LogP contribution in [0, 0.1) is 18.8 Å². The fourth-order valence-electron chi connectivity index (χ4n) is 6.40. The van der Waals surface area contributed by atoms with Crippen LogP contribution < -0.4 is 20.7 Å². The molecule has 228 valence electrons. The molecular formula is C32H34N6O6. The van der Waals surface area contributed by atoms with E-state index in [1.54, 1.807) is 20.8 Å². The molecule has 44 heavy (non-hydrogen) atoms. The van der Waals surface area contributed by atoms with Crippen molar-refractivity contribution in [1.82, 2.24) is 25.8 Å². The molecule has 12 nitrogen and oxygen atoms in total. The Morgan fingerprint density at radius 3 is 2.61 bits per heavy atom. The highest BCUT2D eigenvalue weighted by Crippen LogP contribution is 2.59. The molecule has 0 fully saturated rings. The quantitative estimate of drug-likeness (QED) is 0.268. The van der Waals surface area contributed by atoms with E-state index < -0.39 is 41.6 Å². The van der Waals surface area contributed by atoms with Crippen LogP contribution in [0.3, 0.4) is 0 Å². The fourth-order valence-corrected chi connectivity index (χ4v) is 6.40. The lowest BCUT2D eigenvalue weighted by Gasteiger charge is -2.29. The number of nitrogens with zero attached hydrogens (tertiary/aromatic N) is 3. The molecule has 12 heteroatoms. The first-order valence-corrected chi connectivity index (χ1v) is 14.8. The standard InChI is InChI=1S/C32H34N6O6/c1-14(2)23-29-37-24(30-33-16(5)38-44-30)26(43-29)32-18-8-6-7-9-20(18)35-31(32)42-22-11-10-17(12-19(22)32)13-21(27(40)36-23)34-28(41)25(39)15(3)4/h6-12,14-15,21,23,25,31,35,39H,13H2,1-5H3,(H,34,41)(H,36,40)/t21-,23-,25-,31?,32?/m0/s1. The average molecular weight is 599 g/mol. The predicted octanol–water partition coefficient (Wildman–Crippen LogP) is 3.38. The van der Waals surface area contributed by atoms with Crippen molar-refractivity contribution >= 4 is 17.5 Å². The lowest BCUT2D eigenvalue weighted by atomic mass is 9.72. The van der Waals surface area contributed by atoms with Gasteiger partial charge in [0.15, 0.2) is 23.5 Å². The van der Waals surface area contributed by atoms with E-state index in [2.05, 4.69) is 26.1 Å².